The molecule has 0 aliphatic carbocycles. The normalized spacial score (nSPS) is 12.0. The minimum absolute atomic E-state index is 0.0156. The van der Waals surface area contributed by atoms with Gasteiger partial charge in [0.25, 0.3) is 0 Å². The summed E-state index contributed by atoms with van der Waals surface area (Å²) < 4.78 is 26.6. The van der Waals surface area contributed by atoms with Crippen molar-refractivity contribution in [2.75, 3.05) is 6.61 Å². The zero-order valence-electron chi connectivity index (χ0n) is 11.8. The van der Waals surface area contributed by atoms with Crippen molar-refractivity contribution >= 4 is 5.91 Å². The molecule has 1 amide bonds. The number of aliphatic hydroxyl groups is 1. The number of nitrogens with one attached hydrogen (secondary N) is 1. The van der Waals surface area contributed by atoms with Crippen LogP contribution in [0.3, 0.4) is 0 Å². The number of nitrogens with zero attached hydrogens (tertiary/aromatic N) is 1. The molecule has 0 spiro atoms. The smallest absolute Gasteiger partial charge is 0.224 e. The van der Waals surface area contributed by atoms with Gasteiger partial charge in [0.2, 0.25) is 5.91 Å². The molecule has 1 aromatic carbocycles. The summed E-state index contributed by atoms with van der Waals surface area (Å²) in [6.45, 7) is -0.250. The Morgan fingerprint density at radius 3 is 2.64 bits per heavy atom. The van der Waals surface area contributed by atoms with Gasteiger partial charge in [-0.2, -0.15) is 0 Å². The van der Waals surface area contributed by atoms with Crippen molar-refractivity contribution in [3.63, 3.8) is 0 Å². The number of rotatable bonds is 6. The minimum atomic E-state index is -1.02. The van der Waals surface area contributed by atoms with Crippen molar-refractivity contribution < 1.29 is 18.7 Å². The highest BCUT2D eigenvalue weighted by atomic mass is 19.2. The van der Waals surface area contributed by atoms with Crippen LogP contribution in [0.2, 0.25) is 0 Å². The molecule has 1 unspecified atom stereocenters. The molecule has 6 heteroatoms. The van der Waals surface area contributed by atoms with E-state index in [1.54, 1.807) is 24.5 Å². The molecule has 22 heavy (non-hydrogen) atoms. The molecule has 0 bridgehead atoms. The molecular formula is C16H16F2N2O2. The first-order chi connectivity index (χ1) is 10.6. The molecule has 0 saturated carbocycles. The Morgan fingerprint density at radius 2 is 1.95 bits per heavy atom. The maximum atomic E-state index is 13.5. The number of pyridine rings is 1. The van der Waals surface area contributed by atoms with Crippen LogP contribution in [0.1, 0.15) is 11.1 Å². The first-order valence-corrected chi connectivity index (χ1v) is 6.82. The average molecular weight is 306 g/mol. The number of carbonyl (C=O) groups is 1. The van der Waals surface area contributed by atoms with Gasteiger partial charge in [0.05, 0.1) is 19.1 Å². The maximum Gasteiger partial charge on any atom is 0.224 e. The Balaban J connectivity index is 1.96. The van der Waals surface area contributed by atoms with E-state index in [4.69, 9.17) is 0 Å². The second-order valence-corrected chi connectivity index (χ2v) is 4.90. The van der Waals surface area contributed by atoms with Crippen LogP contribution < -0.4 is 5.32 Å². The van der Waals surface area contributed by atoms with Crippen LogP contribution in [0.5, 0.6) is 0 Å². The van der Waals surface area contributed by atoms with Crippen molar-refractivity contribution in [1.29, 1.82) is 0 Å². The van der Waals surface area contributed by atoms with Crippen LogP contribution in [0.4, 0.5) is 8.78 Å². The zero-order chi connectivity index (χ0) is 15.9. The van der Waals surface area contributed by atoms with Gasteiger partial charge in [-0.3, -0.25) is 9.78 Å². The van der Waals surface area contributed by atoms with Crippen LogP contribution in [-0.4, -0.2) is 28.6 Å². The number of hydrogen-bond acceptors (Lipinski definition) is 3. The van der Waals surface area contributed by atoms with Crippen LogP contribution in [-0.2, 0) is 17.6 Å². The highest BCUT2D eigenvalue weighted by Crippen LogP contribution is 2.12. The second kappa shape index (κ2) is 7.61. The van der Waals surface area contributed by atoms with Gasteiger partial charge in [-0.05, 0) is 30.2 Å². The molecular weight excluding hydrogens is 290 g/mol. The fourth-order valence-corrected chi connectivity index (χ4v) is 2.10. The van der Waals surface area contributed by atoms with E-state index in [0.717, 1.165) is 11.6 Å². The first-order valence-electron chi connectivity index (χ1n) is 6.82. The Bertz CT molecular complexity index is 635. The first kappa shape index (κ1) is 16.0. The Morgan fingerprint density at radius 1 is 1.23 bits per heavy atom. The lowest BCUT2D eigenvalue weighted by atomic mass is 10.1. The second-order valence-electron chi connectivity index (χ2n) is 4.90. The van der Waals surface area contributed by atoms with Gasteiger partial charge < -0.3 is 10.4 Å². The highest BCUT2D eigenvalue weighted by Gasteiger charge is 2.15. The summed E-state index contributed by atoms with van der Waals surface area (Å²) in [4.78, 5) is 15.8. The molecule has 0 saturated heterocycles. The molecule has 116 valence electrons. The van der Waals surface area contributed by atoms with Crippen LogP contribution in [0.25, 0.3) is 0 Å². The number of carbonyl (C=O) groups excluding carboxylic acids is 1. The number of benzene rings is 1. The molecule has 0 radical (unpaired) electrons. The molecule has 0 aliphatic rings. The standard InChI is InChI=1S/C16H16F2N2O2/c17-14-3-1-2-12(16(14)18)9-15(22)20-13(10-21)8-11-4-6-19-7-5-11/h1-7,13,21H,8-10H2,(H,20,22). The Hall–Kier alpha value is -2.34. The summed E-state index contributed by atoms with van der Waals surface area (Å²) in [5, 5.41) is 11.9. The largest absolute Gasteiger partial charge is 0.394 e. The maximum absolute atomic E-state index is 13.5. The lowest BCUT2D eigenvalue weighted by Gasteiger charge is -2.16. The van der Waals surface area contributed by atoms with Gasteiger partial charge in [0, 0.05) is 18.0 Å². The van der Waals surface area contributed by atoms with Crippen molar-refractivity contribution in [3.05, 3.63) is 65.5 Å². The number of amides is 1. The molecule has 2 rings (SSSR count). The lowest BCUT2D eigenvalue weighted by Crippen LogP contribution is -2.40. The number of aliphatic hydroxyl groups excluding tert-OH is 1. The van der Waals surface area contributed by atoms with E-state index in [1.165, 1.54) is 12.1 Å². The van der Waals surface area contributed by atoms with E-state index in [-0.39, 0.29) is 18.6 Å². The van der Waals surface area contributed by atoms with E-state index in [9.17, 15) is 18.7 Å². The summed E-state index contributed by atoms with van der Waals surface area (Å²) in [6.07, 6.45) is 3.38. The molecule has 0 fully saturated rings. The summed E-state index contributed by atoms with van der Waals surface area (Å²) in [6, 6.07) is 6.77. The molecule has 1 heterocycles. The van der Waals surface area contributed by atoms with E-state index in [0.29, 0.717) is 6.42 Å². The minimum Gasteiger partial charge on any atom is -0.394 e. The van der Waals surface area contributed by atoms with E-state index >= 15 is 0 Å². The molecule has 2 aromatic rings. The van der Waals surface area contributed by atoms with Gasteiger partial charge in [-0.1, -0.05) is 12.1 Å². The van der Waals surface area contributed by atoms with Gasteiger partial charge in [-0.15, -0.1) is 0 Å². The van der Waals surface area contributed by atoms with Gasteiger partial charge in [-0.25, -0.2) is 8.78 Å². The van der Waals surface area contributed by atoms with Crippen LogP contribution >= 0.6 is 0 Å². The molecule has 0 aliphatic heterocycles. The summed E-state index contributed by atoms with van der Waals surface area (Å²) in [7, 11) is 0. The van der Waals surface area contributed by atoms with E-state index in [2.05, 4.69) is 10.3 Å². The topological polar surface area (TPSA) is 62.2 Å². The number of aromatic nitrogens is 1. The van der Waals surface area contributed by atoms with E-state index in [1.807, 2.05) is 0 Å². The number of halogens is 2. The monoisotopic (exact) mass is 306 g/mol. The summed E-state index contributed by atoms with van der Waals surface area (Å²) >= 11 is 0. The third-order valence-corrected chi connectivity index (χ3v) is 3.20. The summed E-state index contributed by atoms with van der Waals surface area (Å²) in [5.41, 5.74) is 0.893. The van der Waals surface area contributed by atoms with Crippen molar-refractivity contribution in [1.82, 2.24) is 10.3 Å². The van der Waals surface area contributed by atoms with Gasteiger partial charge >= 0.3 is 0 Å². The molecule has 4 nitrogen and oxygen atoms in total. The van der Waals surface area contributed by atoms with Gasteiger partial charge in [0.15, 0.2) is 11.6 Å². The molecule has 1 aromatic heterocycles. The van der Waals surface area contributed by atoms with Crippen molar-refractivity contribution in [2.45, 2.75) is 18.9 Å². The number of hydrogen-bond donors (Lipinski definition) is 2. The Labute approximate surface area is 126 Å². The highest BCUT2D eigenvalue weighted by molar-refractivity contribution is 5.79. The fraction of sp³-hybridized carbons (Fsp3) is 0.250. The van der Waals surface area contributed by atoms with Crippen LogP contribution in [0, 0.1) is 11.6 Å². The summed E-state index contributed by atoms with van der Waals surface area (Å²) in [5.74, 6) is -2.48. The van der Waals surface area contributed by atoms with Crippen molar-refractivity contribution in [2.24, 2.45) is 0 Å². The van der Waals surface area contributed by atoms with E-state index < -0.39 is 23.6 Å². The SMILES string of the molecule is O=C(Cc1cccc(F)c1F)NC(CO)Cc1ccncc1. The zero-order valence-corrected chi connectivity index (χ0v) is 11.8. The lowest BCUT2D eigenvalue weighted by molar-refractivity contribution is -0.121. The van der Waals surface area contributed by atoms with Crippen LogP contribution in [0.15, 0.2) is 42.7 Å². The van der Waals surface area contributed by atoms with Crippen molar-refractivity contribution in [3.8, 4) is 0 Å². The fourth-order valence-electron chi connectivity index (χ4n) is 2.10. The van der Waals surface area contributed by atoms with Gasteiger partial charge in [0.1, 0.15) is 0 Å². The Kier molecular flexibility index (Phi) is 5.55. The molecule has 1 atom stereocenters. The predicted molar refractivity (Wildman–Crippen MR) is 77.0 cm³/mol. The quantitative estimate of drug-likeness (QED) is 0.852. The third kappa shape index (κ3) is 4.33. The average Bonchev–Trinajstić information content (AvgIpc) is 2.52. The molecule has 2 N–H and O–H groups in total. The third-order valence-electron chi connectivity index (χ3n) is 3.20. The predicted octanol–water partition coefficient (Wildman–Crippen LogP) is 1.62.